The minimum atomic E-state index is -0.888. The molecule has 0 radical (unpaired) electrons. The van der Waals surface area contributed by atoms with E-state index in [9.17, 15) is 15.3 Å². The molecule has 7 rings (SSSR count). The zero-order chi connectivity index (χ0) is 36.2. The third-order valence-corrected chi connectivity index (χ3v) is 11.1. The summed E-state index contributed by atoms with van der Waals surface area (Å²) in [6.07, 6.45) is 8.96. The monoisotopic (exact) mass is 719 g/mol. The van der Waals surface area contributed by atoms with Crippen molar-refractivity contribution < 1.29 is 14.6 Å². The molecule has 1 saturated heterocycles. The Kier molecular flexibility index (Phi) is 10.8. The first-order valence-corrected chi connectivity index (χ1v) is 19.0. The summed E-state index contributed by atoms with van der Waals surface area (Å²) in [6.45, 7) is 11.6. The summed E-state index contributed by atoms with van der Waals surface area (Å²) in [7, 11) is 0. The number of aryl methyl sites for hydroxylation is 1. The third-order valence-electron chi connectivity index (χ3n) is 10.9. The van der Waals surface area contributed by atoms with Gasteiger partial charge >= 0.3 is 5.97 Å². The number of carbonyl (C=O) groups is 1. The molecular formula is C43H50ClN5O3. The normalized spacial score (nSPS) is 18.0. The van der Waals surface area contributed by atoms with E-state index in [2.05, 4.69) is 81.3 Å². The fraction of sp³-hybridized carbons (Fsp3) is 0.395. The van der Waals surface area contributed by atoms with Gasteiger partial charge in [-0.3, -0.25) is 10.3 Å². The van der Waals surface area contributed by atoms with Crippen LogP contribution in [0.15, 0.2) is 102 Å². The zero-order valence-electron chi connectivity index (χ0n) is 30.4. The number of benzene rings is 3. The van der Waals surface area contributed by atoms with Crippen LogP contribution in [0.3, 0.4) is 0 Å². The van der Waals surface area contributed by atoms with Crippen molar-refractivity contribution in [3.63, 3.8) is 0 Å². The first-order valence-electron chi connectivity index (χ1n) is 18.7. The number of nitrogens with zero attached hydrogens (tertiary/aromatic N) is 4. The summed E-state index contributed by atoms with van der Waals surface area (Å²) < 4.78 is 10.1. The van der Waals surface area contributed by atoms with E-state index in [0.717, 1.165) is 61.6 Å². The fourth-order valence-electron chi connectivity index (χ4n) is 8.07. The Labute approximate surface area is 311 Å². The molecular weight excluding hydrogens is 670 g/mol. The summed E-state index contributed by atoms with van der Waals surface area (Å²) in [6, 6.07) is 25.5. The van der Waals surface area contributed by atoms with E-state index in [-0.39, 0.29) is 0 Å². The van der Waals surface area contributed by atoms with Crippen LogP contribution in [0.4, 0.5) is 5.69 Å². The van der Waals surface area contributed by atoms with Crippen LogP contribution in [0.2, 0.25) is 5.02 Å². The molecule has 0 bridgehead atoms. The van der Waals surface area contributed by atoms with Gasteiger partial charge in [0.05, 0.1) is 24.2 Å². The number of imidazole rings is 1. The van der Waals surface area contributed by atoms with E-state index >= 15 is 0 Å². The predicted molar refractivity (Wildman–Crippen MR) is 210 cm³/mol. The molecule has 3 aromatic carbocycles. The maximum atomic E-state index is 11.4. The smallest absolute Gasteiger partial charge is 0.331 e. The summed E-state index contributed by atoms with van der Waals surface area (Å²) >= 11 is 6.23. The van der Waals surface area contributed by atoms with E-state index in [0.29, 0.717) is 61.3 Å². The highest BCUT2D eigenvalue weighted by molar-refractivity contribution is 6.30. The second-order valence-corrected chi connectivity index (χ2v) is 15.7. The largest absolute Gasteiger partial charge is 0.494 e. The SMILES string of the molecule is CC1(C)CCC(c2ccc(Cl)cc2)=C(CN2CCN(c3cccc(Cn4c(=N)n(CCCOC5=CCCC(C(=O)O)=C5)c5ccccc54)c3)CC2)C1. The van der Waals surface area contributed by atoms with Crippen molar-refractivity contribution in [2.24, 2.45) is 5.41 Å². The number of ether oxygens (including phenoxy) is 1. The summed E-state index contributed by atoms with van der Waals surface area (Å²) in [5.41, 5.74) is 10.1. The van der Waals surface area contributed by atoms with Gasteiger partial charge in [-0.15, -0.1) is 0 Å². The third kappa shape index (κ3) is 8.24. The van der Waals surface area contributed by atoms with Crippen molar-refractivity contribution in [2.75, 3.05) is 44.2 Å². The molecule has 52 heavy (non-hydrogen) atoms. The predicted octanol–water partition coefficient (Wildman–Crippen LogP) is 8.51. The van der Waals surface area contributed by atoms with Crippen LogP contribution in [0.1, 0.15) is 63.5 Å². The van der Waals surface area contributed by atoms with E-state index in [1.54, 1.807) is 11.6 Å². The molecule has 9 heteroatoms. The summed E-state index contributed by atoms with van der Waals surface area (Å²) in [4.78, 5) is 16.5. The van der Waals surface area contributed by atoms with Gasteiger partial charge in [0.15, 0.2) is 0 Å². The number of fused-ring (bicyclic) bond motifs is 1. The summed E-state index contributed by atoms with van der Waals surface area (Å²) in [5.74, 6) is -0.265. The van der Waals surface area contributed by atoms with Crippen molar-refractivity contribution in [1.29, 1.82) is 5.41 Å². The van der Waals surface area contributed by atoms with Gasteiger partial charge in [-0.2, -0.15) is 0 Å². The van der Waals surface area contributed by atoms with Gasteiger partial charge in [-0.05, 0) is 109 Å². The van der Waals surface area contributed by atoms with Crippen molar-refractivity contribution in [3.05, 3.63) is 124 Å². The highest BCUT2D eigenvalue weighted by Gasteiger charge is 2.29. The number of hydrogen-bond donors (Lipinski definition) is 2. The molecule has 0 spiro atoms. The Bertz CT molecular complexity index is 2080. The summed E-state index contributed by atoms with van der Waals surface area (Å²) in [5, 5.41) is 19.3. The molecule has 8 nitrogen and oxygen atoms in total. The van der Waals surface area contributed by atoms with E-state index in [1.807, 2.05) is 30.3 Å². The van der Waals surface area contributed by atoms with Gasteiger partial charge in [-0.25, -0.2) is 4.79 Å². The molecule has 3 aliphatic rings. The topological polar surface area (TPSA) is 86.7 Å². The first-order chi connectivity index (χ1) is 25.1. The van der Waals surface area contributed by atoms with Crippen molar-refractivity contribution in [1.82, 2.24) is 14.0 Å². The van der Waals surface area contributed by atoms with Gasteiger partial charge in [-0.1, -0.05) is 67.4 Å². The van der Waals surface area contributed by atoms with Crippen LogP contribution in [0, 0.1) is 10.8 Å². The van der Waals surface area contributed by atoms with Crippen LogP contribution >= 0.6 is 11.6 Å². The number of anilines is 1. The molecule has 0 atom stereocenters. The number of hydrogen-bond acceptors (Lipinski definition) is 5. The van der Waals surface area contributed by atoms with Crippen molar-refractivity contribution >= 4 is 39.9 Å². The maximum Gasteiger partial charge on any atom is 0.331 e. The Balaban J connectivity index is 0.996. The lowest BCUT2D eigenvalue weighted by molar-refractivity contribution is -0.132. The van der Waals surface area contributed by atoms with Crippen LogP contribution in [-0.2, 0) is 22.6 Å². The Morgan fingerprint density at radius 1 is 0.923 bits per heavy atom. The highest BCUT2D eigenvalue weighted by Crippen LogP contribution is 2.43. The number of aromatic nitrogens is 2. The van der Waals surface area contributed by atoms with Gasteiger partial charge in [0.1, 0.15) is 5.76 Å². The van der Waals surface area contributed by atoms with Crippen molar-refractivity contribution in [2.45, 2.75) is 65.5 Å². The number of halogens is 1. The van der Waals surface area contributed by atoms with Crippen LogP contribution < -0.4 is 10.5 Å². The molecule has 2 N–H and O–H groups in total. The van der Waals surface area contributed by atoms with Crippen molar-refractivity contribution in [3.8, 4) is 0 Å². The molecule has 4 aromatic rings. The molecule has 1 fully saturated rings. The average molecular weight is 720 g/mol. The maximum absolute atomic E-state index is 11.4. The second kappa shape index (κ2) is 15.6. The quantitative estimate of drug-likeness (QED) is 0.144. The van der Waals surface area contributed by atoms with E-state index in [1.165, 1.54) is 28.8 Å². The molecule has 0 saturated carbocycles. The van der Waals surface area contributed by atoms with Gasteiger partial charge in [0.2, 0.25) is 5.62 Å². The molecule has 1 aliphatic heterocycles. The Morgan fingerprint density at radius 2 is 1.67 bits per heavy atom. The van der Waals surface area contributed by atoms with Gasteiger partial charge in [0, 0.05) is 55.6 Å². The minimum absolute atomic E-state index is 0.324. The minimum Gasteiger partial charge on any atom is -0.494 e. The Morgan fingerprint density at radius 3 is 2.42 bits per heavy atom. The molecule has 2 heterocycles. The first kappa shape index (κ1) is 35.9. The highest BCUT2D eigenvalue weighted by atomic mass is 35.5. The number of rotatable bonds is 12. The number of carboxylic acids is 1. The average Bonchev–Trinajstić information content (AvgIpc) is 3.40. The number of aliphatic carboxylic acids is 1. The van der Waals surface area contributed by atoms with E-state index < -0.39 is 5.97 Å². The molecule has 0 unspecified atom stereocenters. The lowest BCUT2D eigenvalue weighted by Crippen LogP contribution is -2.47. The number of allylic oxidation sites excluding steroid dienone is 3. The Hall–Kier alpha value is -4.53. The number of piperazine rings is 1. The van der Waals surface area contributed by atoms with E-state index in [4.69, 9.17) is 16.3 Å². The van der Waals surface area contributed by atoms with Crippen LogP contribution in [0.5, 0.6) is 0 Å². The second-order valence-electron chi connectivity index (χ2n) is 15.2. The number of para-hydroxylation sites is 2. The fourth-order valence-corrected chi connectivity index (χ4v) is 8.19. The number of carboxylic acid groups (broad SMARTS) is 1. The lowest BCUT2D eigenvalue weighted by atomic mass is 9.73. The van der Waals surface area contributed by atoms with Crippen LogP contribution in [0.25, 0.3) is 16.6 Å². The van der Waals surface area contributed by atoms with Gasteiger partial charge in [0.25, 0.3) is 0 Å². The van der Waals surface area contributed by atoms with Gasteiger partial charge < -0.3 is 23.9 Å². The molecule has 0 amide bonds. The lowest BCUT2D eigenvalue weighted by Gasteiger charge is -2.39. The molecule has 1 aromatic heterocycles. The molecule has 272 valence electrons. The van der Waals surface area contributed by atoms with Crippen LogP contribution in [-0.4, -0.2) is 64.4 Å². The molecule has 2 aliphatic carbocycles. The zero-order valence-corrected chi connectivity index (χ0v) is 31.2. The number of nitrogens with one attached hydrogen (secondary N) is 1. The standard InChI is InChI=1S/C43H50ClN5O3/c1-43(2)19-18-38(32-14-16-35(44)17-15-32)34(28-43)30-46-21-23-47(24-22-46)36-10-5-8-31(26-36)29-49-40-13-4-3-12-39(40)48(42(49)45)20-7-25-52-37-11-6-9-33(27-37)41(50)51/h3-5,8,10-17,26-27,45H,6-7,9,18-25,28-30H2,1-2H3,(H,50,51).